The molecule has 2 nitrogen and oxygen atoms in total. The third kappa shape index (κ3) is 4.73. The number of para-hydroxylation sites is 1. The summed E-state index contributed by atoms with van der Waals surface area (Å²) < 4.78 is 76.2. The highest BCUT2D eigenvalue weighted by Gasteiger charge is 2.36. The number of nitrogens with zero attached hydrogens (tertiary/aromatic N) is 1. The monoisotopic (exact) mass is 332 g/mol. The van der Waals surface area contributed by atoms with Crippen molar-refractivity contribution in [3.05, 3.63) is 65.2 Å². The van der Waals surface area contributed by atoms with E-state index in [1.807, 2.05) is 0 Å². The lowest BCUT2D eigenvalue weighted by Crippen LogP contribution is -2.11. The maximum absolute atomic E-state index is 12.7. The highest BCUT2D eigenvalue weighted by Crippen LogP contribution is 2.36. The molecule has 0 aliphatic heterocycles. The van der Waals surface area contributed by atoms with Gasteiger partial charge in [-0.05, 0) is 35.9 Å². The zero-order valence-electron chi connectivity index (χ0n) is 11.4. The van der Waals surface area contributed by atoms with Gasteiger partial charge in [0.1, 0.15) is 0 Å². The summed E-state index contributed by atoms with van der Waals surface area (Å²) in [5, 5.41) is 3.65. The van der Waals surface area contributed by atoms with E-state index >= 15 is 0 Å². The quantitative estimate of drug-likeness (QED) is 0.468. The summed E-state index contributed by atoms with van der Waals surface area (Å²) in [4.78, 5) is 0. The van der Waals surface area contributed by atoms with Gasteiger partial charge in [0.25, 0.3) is 0 Å². The fraction of sp³-hybridized carbons (Fsp3) is 0.133. The maximum Gasteiger partial charge on any atom is 0.416 e. The first-order chi connectivity index (χ1) is 10.7. The van der Waals surface area contributed by atoms with Crippen molar-refractivity contribution in [2.45, 2.75) is 12.4 Å². The summed E-state index contributed by atoms with van der Waals surface area (Å²) in [5.41, 5.74) is -0.00729. The standard InChI is InChI=1S/C15H10F6N2/c16-14(17,18)11-6-10(7-12(8-11)15(19,20)21)9-22-23-13-4-2-1-3-5-13/h1-9,23H. The molecule has 2 aromatic carbocycles. The summed E-state index contributed by atoms with van der Waals surface area (Å²) >= 11 is 0. The third-order valence-corrected chi connectivity index (χ3v) is 2.79. The summed E-state index contributed by atoms with van der Waals surface area (Å²) in [6.45, 7) is 0. The normalized spacial score (nSPS) is 12.6. The van der Waals surface area contributed by atoms with Gasteiger partial charge in [-0.15, -0.1) is 0 Å². The second-order valence-electron chi connectivity index (χ2n) is 4.58. The van der Waals surface area contributed by atoms with E-state index in [0.717, 1.165) is 6.21 Å². The molecule has 0 aliphatic carbocycles. The van der Waals surface area contributed by atoms with Crippen LogP contribution in [0, 0.1) is 0 Å². The predicted octanol–water partition coefficient (Wildman–Crippen LogP) is 5.17. The van der Waals surface area contributed by atoms with Gasteiger partial charge in [-0.1, -0.05) is 18.2 Å². The molecule has 0 heterocycles. The number of hydrogen-bond donors (Lipinski definition) is 1. The van der Waals surface area contributed by atoms with Gasteiger partial charge in [-0.3, -0.25) is 5.43 Å². The molecule has 0 fully saturated rings. The molecule has 0 saturated heterocycles. The van der Waals surface area contributed by atoms with Crippen LogP contribution in [0.15, 0.2) is 53.6 Å². The second kappa shape index (κ2) is 6.31. The number of rotatable bonds is 3. The Morgan fingerprint density at radius 2 is 1.30 bits per heavy atom. The number of benzene rings is 2. The van der Waals surface area contributed by atoms with E-state index in [2.05, 4.69) is 10.5 Å². The lowest BCUT2D eigenvalue weighted by atomic mass is 10.1. The average molecular weight is 332 g/mol. The molecule has 0 bridgehead atoms. The minimum absolute atomic E-state index is 0.0714. The van der Waals surface area contributed by atoms with E-state index in [9.17, 15) is 26.3 Å². The average Bonchev–Trinajstić information content (AvgIpc) is 2.46. The SMILES string of the molecule is FC(F)(F)c1cc(C=NNc2ccccc2)cc(C(F)(F)F)c1. The number of hydrazone groups is 1. The number of alkyl halides is 6. The van der Waals surface area contributed by atoms with Crippen molar-refractivity contribution in [3.63, 3.8) is 0 Å². The van der Waals surface area contributed by atoms with Gasteiger partial charge in [0, 0.05) is 0 Å². The van der Waals surface area contributed by atoms with Gasteiger partial charge in [-0.25, -0.2) is 0 Å². The number of hydrogen-bond acceptors (Lipinski definition) is 2. The fourth-order valence-corrected chi connectivity index (χ4v) is 1.75. The van der Waals surface area contributed by atoms with Crippen LogP contribution in [0.5, 0.6) is 0 Å². The molecular weight excluding hydrogens is 322 g/mol. The Bertz CT molecular complexity index is 657. The van der Waals surface area contributed by atoms with Gasteiger partial charge in [-0.2, -0.15) is 31.4 Å². The zero-order valence-corrected chi connectivity index (χ0v) is 11.4. The molecule has 0 atom stereocenters. The van der Waals surface area contributed by atoms with Crippen LogP contribution in [-0.2, 0) is 12.4 Å². The molecule has 0 spiro atoms. The summed E-state index contributed by atoms with van der Waals surface area (Å²) in [6, 6.07) is 9.71. The van der Waals surface area contributed by atoms with Crippen molar-refractivity contribution in [3.8, 4) is 0 Å². The number of nitrogens with one attached hydrogen (secondary N) is 1. The van der Waals surface area contributed by atoms with Crippen molar-refractivity contribution in [2.75, 3.05) is 5.43 Å². The van der Waals surface area contributed by atoms with Crippen molar-refractivity contribution >= 4 is 11.9 Å². The van der Waals surface area contributed by atoms with Crippen LogP contribution in [0.3, 0.4) is 0 Å². The highest BCUT2D eigenvalue weighted by molar-refractivity contribution is 5.81. The molecule has 8 heteroatoms. The van der Waals surface area contributed by atoms with E-state index < -0.39 is 23.5 Å². The van der Waals surface area contributed by atoms with Crippen LogP contribution in [0.2, 0.25) is 0 Å². The molecule has 0 saturated carbocycles. The van der Waals surface area contributed by atoms with Crippen LogP contribution in [0.4, 0.5) is 32.0 Å². The Morgan fingerprint density at radius 3 is 1.78 bits per heavy atom. The van der Waals surface area contributed by atoms with Crippen LogP contribution in [0.1, 0.15) is 16.7 Å². The number of anilines is 1. The third-order valence-electron chi connectivity index (χ3n) is 2.79. The molecule has 122 valence electrons. The van der Waals surface area contributed by atoms with E-state index in [1.165, 1.54) is 0 Å². The molecule has 0 aromatic heterocycles. The van der Waals surface area contributed by atoms with Crippen LogP contribution in [0.25, 0.3) is 0 Å². The Morgan fingerprint density at radius 1 is 0.783 bits per heavy atom. The van der Waals surface area contributed by atoms with Crippen LogP contribution < -0.4 is 5.43 Å². The fourth-order valence-electron chi connectivity index (χ4n) is 1.75. The molecule has 2 aromatic rings. The smallest absolute Gasteiger partial charge is 0.279 e. The molecule has 0 amide bonds. The zero-order chi connectivity index (χ0) is 17.1. The van der Waals surface area contributed by atoms with Gasteiger partial charge >= 0.3 is 12.4 Å². The van der Waals surface area contributed by atoms with Gasteiger partial charge in [0.05, 0.1) is 23.0 Å². The largest absolute Gasteiger partial charge is 0.416 e. The van der Waals surface area contributed by atoms with Crippen molar-refractivity contribution in [2.24, 2.45) is 5.10 Å². The van der Waals surface area contributed by atoms with Crippen LogP contribution >= 0.6 is 0 Å². The molecule has 1 N–H and O–H groups in total. The van der Waals surface area contributed by atoms with Gasteiger partial charge in [0.15, 0.2) is 0 Å². The summed E-state index contributed by atoms with van der Waals surface area (Å²) in [7, 11) is 0. The molecule has 0 aliphatic rings. The lowest BCUT2D eigenvalue weighted by Gasteiger charge is -2.12. The Kier molecular flexibility index (Phi) is 4.63. The first-order valence-electron chi connectivity index (χ1n) is 6.30. The molecule has 2 rings (SSSR count). The number of halogens is 6. The Labute approximate surface area is 127 Å². The van der Waals surface area contributed by atoms with Crippen molar-refractivity contribution < 1.29 is 26.3 Å². The first kappa shape index (κ1) is 16.9. The minimum Gasteiger partial charge on any atom is -0.279 e. The predicted molar refractivity (Wildman–Crippen MR) is 74.1 cm³/mol. The van der Waals surface area contributed by atoms with E-state index in [0.29, 0.717) is 17.8 Å². The van der Waals surface area contributed by atoms with E-state index in [-0.39, 0.29) is 11.6 Å². The topological polar surface area (TPSA) is 24.4 Å². The maximum atomic E-state index is 12.7. The van der Waals surface area contributed by atoms with Crippen molar-refractivity contribution in [1.82, 2.24) is 0 Å². The molecule has 0 radical (unpaired) electrons. The summed E-state index contributed by atoms with van der Waals surface area (Å²) in [5.74, 6) is 0. The Hall–Kier alpha value is -2.51. The van der Waals surface area contributed by atoms with Gasteiger partial charge in [0.2, 0.25) is 0 Å². The lowest BCUT2D eigenvalue weighted by molar-refractivity contribution is -0.143. The Balaban J connectivity index is 2.30. The van der Waals surface area contributed by atoms with E-state index in [4.69, 9.17) is 0 Å². The molecule has 0 unspecified atom stereocenters. The first-order valence-corrected chi connectivity index (χ1v) is 6.30. The summed E-state index contributed by atoms with van der Waals surface area (Å²) in [6.07, 6.45) is -8.86. The van der Waals surface area contributed by atoms with Crippen LogP contribution in [-0.4, -0.2) is 6.21 Å². The molecular formula is C15H10F6N2. The molecule has 23 heavy (non-hydrogen) atoms. The minimum atomic E-state index is -4.88. The van der Waals surface area contributed by atoms with Crippen molar-refractivity contribution in [1.29, 1.82) is 0 Å². The second-order valence-corrected chi connectivity index (χ2v) is 4.58. The van der Waals surface area contributed by atoms with Gasteiger partial charge < -0.3 is 0 Å². The highest BCUT2D eigenvalue weighted by atomic mass is 19.4. The van der Waals surface area contributed by atoms with E-state index in [1.54, 1.807) is 30.3 Å².